The maximum atomic E-state index is 5.06. The van der Waals surface area contributed by atoms with E-state index in [1.165, 1.54) is 0 Å². The fraction of sp³-hybridized carbons (Fsp3) is 0.167. The van der Waals surface area contributed by atoms with Gasteiger partial charge in [-0.1, -0.05) is 0 Å². The molecule has 0 atom stereocenters. The topological polar surface area (TPSA) is 51.8 Å². The maximum Gasteiger partial charge on any atom is 0.150 e. The lowest BCUT2D eigenvalue weighted by Gasteiger charge is -1.92. The zero-order chi connectivity index (χ0) is 6.97. The molecule has 50 valence electrons. The summed E-state index contributed by atoms with van der Waals surface area (Å²) < 4.78 is 5.06. The maximum absolute atomic E-state index is 5.06. The first kappa shape index (κ1) is 5.34. The van der Waals surface area contributed by atoms with E-state index >= 15 is 0 Å². The van der Waals surface area contributed by atoms with E-state index in [2.05, 4.69) is 15.4 Å². The summed E-state index contributed by atoms with van der Waals surface area (Å²) in [6, 6.07) is 1.80. The quantitative estimate of drug-likeness (QED) is 0.538. The number of aromatic nitrogens is 3. The number of hydrogen-bond donors (Lipinski definition) is 0. The van der Waals surface area contributed by atoms with Crippen molar-refractivity contribution in [2.45, 2.75) is 6.92 Å². The summed E-state index contributed by atoms with van der Waals surface area (Å²) in [5.74, 6) is 0.815. The van der Waals surface area contributed by atoms with Crippen molar-refractivity contribution in [1.82, 2.24) is 15.4 Å². The van der Waals surface area contributed by atoms with E-state index in [-0.39, 0.29) is 0 Å². The lowest BCUT2D eigenvalue weighted by atomic mass is 10.3. The van der Waals surface area contributed by atoms with Gasteiger partial charge in [0, 0.05) is 6.07 Å². The van der Waals surface area contributed by atoms with Gasteiger partial charge < -0.3 is 4.42 Å². The van der Waals surface area contributed by atoms with Crippen molar-refractivity contribution in [3.05, 3.63) is 18.1 Å². The largest absolute Gasteiger partial charge is 0.467 e. The van der Waals surface area contributed by atoms with Gasteiger partial charge in [0.1, 0.15) is 17.7 Å². The molecule has 2 aliphatic rings. The Morgan fingerprint density at radius 2 is 2.10 bits per heavy atom. The van der Waals surface area contributed by atoms with Crippen LogP contribution in [0.4, 0.5) is 0 Å². The number of nitrogens with zero attached hydrogens (tertiary/aromatic N) is 3. The molecule has 2 rings (SSSR count). The first-order valence-corrected chi connectivity index (χ1v) is 2.90. The van der Waals surface area contributed by atoms with Crippen LogP contribution in [0.3, 0.4) is 0 Å². The molecule has 0 radical (unpaired) electrons. The summed E-state index contributed by atoms with van der Waals surface area (Å²) >= 11 is 0. The van der Waals surface area contributed by atoms with Crippen LogP contribution in [0.5, 0.6) is 0 Å². The normalized spacial score (nSPS) is 10.5. The molecule has 0 aliphatic carbocycles. The Morgan fingerprint density at radius 3 is 3.00 bits per heavy atom. The first-order chi connectivity index (χ1) is 4.86. The predicted molar refractivity (Wildman–Crippen MR) is 33.5 cm³/mol. The first-order valence-electron chi connectivity index (χ1n) is 2.90. The second-order valence-electron chi connectivity index (χ2n) is 2.05. The van der Waals surface area contributed by atoms with Gasteiger partial charge >= 0.3 is 0 Å². The van der Waals surface area contributed by atoms with Crippen LogP contribution >= 0.6 is 0 Å². The molecule has 4 nitrogen and oxygen atoms in total. The molecular formula is C6H5N3O. The Balaban J connectivity index is 2.75. The van der Waals surface area contributed by atoms with E-state index in [4.69, 9.17) is 4.42 Å². The van der Waals surface area contributed by atoms with E-state index in [9.17, 15) is 0 Å². The zero-order valence-electron chi connectivity index (χ0n) is 5.40. The van der Waals surface area contributed by atoms with E-state index in [0.29, 0.717) is 5.69 Å². The van der Waals surface area contributed by atoms with Crippen molar-refractivity contribution < 1.29 is 4.42 Å². The number of fused-ring (bicyclic) bond motifs is 1. The molecular weight excluding hydrogens is 130 g/mol. The third kappa shape index (κ3) is 0.655. The molecule has 10 heavy (non-hydrogen) atoms. The van der Waals surface area contributed by atoms with Crippen molar-refractivity contribution in [1.29, 1.82) is 0 Å². The third-order valence-electron chi connectivity index (χ3n) is 1.26. The molecule has 0 N–H and O–H groups in total. The second kappa shape index (κ2) is 1.76. The molecule has 2 aliphatic heterocycles. The van der Waals surface area contributed by atoms with Gasteiger partial charge in [-0.2, -0.15) is 0 Å². The van der Waals surface area contributed by atoms with E-state index in [0.717, 1.165) is 11.5 Å². The van der Waals surface area contributed by atoms with Crippen molar-refractivity contribution in [3.8, 4) is 11.4 Å². The lowest BCUT2D eigenvalue weighted by molar-refractivity contribution is 0.516. The van der Waals surface area contributed by atoms with Gasteiger partial charge in [-0.3, -0.25) is 0 Å². The van der Waals surface area contributed by atoms with Crippen LogP contribution in [0.15, 0.2) is 16.7 Å². The average Bonchev–Trinajstić information content (AvgIpc) is 2.33. The third-order valence-corrected chi connectivity index (χ3v) is 1.26. The van der Waals surface area contributed by atoms with E-state index < -0.39 is 0 Å². The Kier molecular flexibility index (Phi) is 0.943. The number of aryl methyl sites for hydroxylation is 1. The smallest absolute Gasteiger partial charge is 0.150 e. The van der Waals surface area contributed by atoms with Crippen molar-refractivity contribution in [2.75, 3.05) is 0 Å². The van der Waals surface area contributed by atoms with Crippen LogP contribution < -0.4 is 0 Å². The highest BCUT2D eigenvalue weighted by molar-refractivity contribution is 5.51. The van der Waals surface area contributed by atoms with Crippen molar-refractivity contribution >= 4 is 0 Å². The van der Waals surface area contributed by atoms with Crippen molar-refractivity contribution in [2.24, 2.45) is 0 Å². The Labute approximate surface area is 57.2 Å². The highest BCUT2D eigenvalue weighted by atomic mass is 16.3. The van der Waals surface area contributed by atoms with Crippen LogP contribution in [-0.4, -0.2) is 15.4 Å². The molecule has 0 aromatic rings. The molecule has 0 saturated carbocycles. The Bertz CT molecular complexity index is 317. The Morgan fingerprint density at radius 1 is 1.30 bits per heavy atom. The average molecular weight is 135 g/mol. The summed E-state index contributed by atoms with van der Waals surface area (Å²) in [6.45, 7) is 1.86. The van der Waals surface area contributed by atoms with Crippen LogP contribution in [0.1, 0.15) is 5.76 Å². The van der Waals surface area contributed by atoms with Crippen molar-refractivity contribution in [3.63, 3.8) is 0 Å². The highest BCUT2D eigenvalue weighted by Crippen LogP contribution is 2.15. The molecule has 0 aromatic carbocycles. The van der Waals surface area contributed by atoms with Gasteiger partial charge in [0.25, 0.3) is 0 Å². The summed E-state index contributed by atoms with van der Waals surface area (Å²) in [7, 11) is 0. The van der Waals surface area contributed by atoms with Gasteiger partial charge in [0.05, 0.1) is 0 Å². The highest BCUT2D eigenvalue weighted by Gasteiger charge is 2.06. The summed E-state index contributed by atoms with van der Waals surface area (Å²) in [4.78, 5) is 0. The Hall–Kier alpha value is -1.45. The molecule has 0 bridgehead atoms. The summed E-state index contributed by atoms with van der Waals surface area (Å²) in [5.41, 5.74) is 1.48. The fourth-order valence-corrected chi connectivity index (χ4v) is 0.783. The summed E-state index contributed by atoms with van der Waals surface area (Å²) in [6.07, 6.45) is 1.55. The minimum atomic E-state index is 0.700. The lowest BCUT2D eigenvalue weighted by Crippen LogP contribution is -1.78. The SMILES string of the molecule is Cc1cc2nnnc-2co1. The van der Waals surface area contributed by atoms with Gasteiger partial charge in [-0.25, -0.2) is 0 Å². The van der Waals surface area contributed by atoms with Crippen LogP contribution in [0, 0.1) is 6.92 Å². The van der Waals surface area contributed by atoms with Crippen LogP contribution in [-0.2, 0) is 0 Å². The molecule has 0 fully saturated rings. The molecule has 2 heterocycles. The van der Waals surface area contributed by atoms with Crippen LogP contribution in [0.2, 0.25) is 0 Å². The molecule has 0 saturated heterocycles. The summed E-state index contributed by atoms with van der Waals surface area (Å²) in [5, 5.41) is 10.9. The second-order valence-corrected chi connectivity index (χ2v) is 2.05. The molecule has 4 heteroatoms. The van der Waals surface area contributed by atoms with Crippen LogP contribution in [0.25, 0.3) is 11.4 Å². The fourth-order valence-electron chi connectivity index (χ4n) is 0.783. The van der Waals surface area contributed by atoms with Gasteiger partial charge in [-0.05, 0) is 12.1 Å². The molecule has 0 unspecified atom stereocenters. The van der Waals surface area contributed by atoms with Gasteiger partial charge in [0.2, 0.25) is 0 Å². The van der Waals surface area contributed by atoms with Gasteiger partial charge in [0.15, 0.2) is 5.69 Å². The zero-order valence-corrected chi connectivity index (χ0v) is 5.40. The minimum absolute atomic E-state index is 0.700. The molecule has 0 aromatic heterocycles. The van der Waals surface area contributed by atoms with E-state index in [1.54, 1.807) is 12.3 Å². The number of hydrogen-bond acceptors (Lipinski definition) is 4. The number of rotatable bonds is 0. The molecule has 0 amide bonds. The molecule has 0 spiro atoms. The standard InChI is InChI=1S/C6H5N3O/c1-4-2-5-6(3-10-4)8-9-7-5/h2-3H,1H3. The monoisotopic (exact) mass is 135 g/mol. The van der Waals surface area contributed by atoms with Gasteiger partial charge in [-0.15, -0.1) is 10.2 Å². The predicted octanol–water partition coefficient (Wildman–Crippen LogP) is 0.878. The minimum Gasteiger partial charge on any atom is -0.467 e. The van der Waals surface area contributed by atoms with E-state index in [1.807, 2.05) is 6.92 Å².